The van der Waals surface area contributed by atoms with E-state index in [0.717, 1.165) is 9.92 Å². The van der Waals surface area contributed by atoms with E-state index in [4.69, 9.17) is 5.26 Å². The van der Waals surface area contributed by atoms with Gasteiger partial charge in [-0.2, -0.15) is 10.8 Å². The minimum atomic E-state index is 0.680. The lowest BCUT2D eigenvalue weighted by atomic mass is 10.2. The molecule has 0 spiro atoms. The number of benzene rings is 1. The van der Waals surface area contributed by atoms with E-state index in [1.165, 1.54) is 0 Å². The van der Waals surface area contributed by atoms with Gasteiger partial charge in [0.2, 0.25) is 0 Å². The van der Waals surface area contributed by atoms with Crippen molar-refractivity contribution in [3.63, 3.8) is 0 Å². The van der Waals surface area contributed by atoms with E-state index in [-0.39, 0.29) is 0 Å². The molecule has 0 saturated carbocycles. The third-order valence-corrected chi connectivity index (χ3v) is 2.62. The quantitative estimate of drug-likeness (QED) is 0.672. The molecule has 1 aromatic carbocycles. The standard InChI is InChI=1S/C9H8N4S/c10-5-7-1-3-8(4-2-7)14-9-6-11-13-12-9/h1-4,6,11-13H. The Morgan fingerprint density at radius 2 is 2.00 bits per heavy atom. The van der Waals surface area contributed by atoms with Crippen LogP contribution in [0.4, 0.5) is 0 Å². The molecule has 4 nitrogen and oxygen atoms in total. The molecule has 1 aliphatic rings. The molecule has 0 aliphatic carbocycles. The number of hydrazine groups is 2. The van der Waals surface area contributed by atoms with Gasteiger partial charge in [-0.3, -0.25) is 5.43 Å². The highest BCUT2D eigenvalue weighted by Crippen LogP contribution is 2.24. The van der Waals surface area contributed by atoms with Gasteiger partial charge in [-0.25, -0.2) is 0 Å². The van der Waals surface area contributed by atoms with Gasteiger partial charge in [-0.1, -0.05) is 11.8 Å². The molecule has 0 fully saturated rings. The number of hydrogen-bond acceptors (Lipinski definition) is 5. The average Bonchev–Trinajstić information content (AvgIpc) is 2.72. The third kappa shape index (κ3) is 1.99. The van der Waals surface area contributed by atoms with Crippen LogP contribution in [0.1, 0.15) is 5.56 Å². The fourth-order valence-corrected chi connectivity index (χ4v) is 1.76. The van der Waals surface area contributed by atoms with E-state index < -0.39 is 0 Å². The number of nitrogens with one attached hydrogen (secondary N) is 3. The van der Waals surface area contributed by atoms with Crippen molar-refractivity contribution in [2.24, 2.45) is 0 Å². The Hall–Kier alpha value is -1.64. The van der Waals surface area contributed by atoms with E-state index in [2.05, 4.69) is 22.5 Å². The summed E-state index contributed by atoms with van der Waals surface area (Å²) in [7, 11) is 0. The summed E-state index contributed by atoms with van der Waals surface area (Å²) in [5, 5.41) is 9.61. The van der Waals surface area contributed by atoms with Crippen molar-refractivity contribution in [1.82, 2.24) is 16.4 Å². The zero-order chi connectivity index (χ0) is 9.80. The van der Waals surface area contributed by atoms with Crippen molar-refractivity contribution < 1.29 is 0 Å². The zero-order valence-electron chi connectivity index (χ0n) is 7.24. The molecule has 0 unspecified atom stereocenters. The number of nitriles is 1. The van der Waals surface area contributed by atoms with E-state index in [1.807, 2.05) is 18.3 Å². The molecule has 0 atom stereocenters. The first-order valence-corrected chi connectivity index (χ1v) is 4.85. The predicted molar refractivity (Wildman–Crippen MR) is 54.5 cm³/mol. The van der Waals surface area contributed by atoms with Crippen LogP contribution in [-0.2, 0) is 0 Å². The molecule has 0 saturated heterocycles. The van der Waals surface area contributed by atoms with Crippen LogP contribution in [0.25, 0.3) is 0 Å². The van der Waals surface area contributed by atoms with E-state index in [9.17, 15) is 0 Å². The Morgan fingerprint density at radius 1 is 1.21 bits per heavy atom. The van der Waals surface area contributed by atoms with Crippen molar-refractivity contribution in [2.45, 2.75) is 4.90 Å². The lowest BCUT2D eigenvalue weighted by molar-refractivity contribution is 0.611. The van der Waals surface area contributed by atoms with Gasteiger partial charge in [0.05, 0.1) is 11.6 Å². The number of thioether (sulfide) groups is 1. The molecule has 5 heteroatoms. The molecule has 0 bridgehead atoms. The van der Waals surface area contributed by atoms with Gasteiger partial charge < -0.3 is 5.43 Å². The molecule has 1 aliphatic heterocycles. The second kappa shape index (κ2) is 4.05. The van der Waals surface area contributed by atoms with Crippen LogP contribution < -0.4 is 16.4 Å². The summed E-state index contributed by atoms with van der Waals surface area (Å²) >= 11 is 1.59. The van der Waals surface area contributed by atoms with Crippen LogP contribution in [0.15, 0.2) is 40.4 Å². The molecular formula is C9H8N4S. The maximum Gasteiger partial charge on any atom is 0.106 e. The highest BCUT2D eigenvalue weighted by molar-refractivity contribution is 8.03. The highest BCUT2D eigenvalue weighted by Gasteiger charge is 2.03. The Labute approximate surface area is 85.9 Å². The van der Waals surface area contributed by atoms with Crippen molar-refractivity contribution >= 4 is 11.8 Å². The topological polar surface area (TPSA) is 59.9 Å². The van der Waals surface area contributed by atoms with Gasteiger partial charge >= 0.3 is 0 Å². The minimum absolute atomic E-state index is 0.680. The Morgan fingerprint density at radius 3 is 2.57 bits per heavy atom. The maximum atomic E-state index is 8.61. The molecular weight excluding hydrogens is 196 g/mol. The molecule has 0 amide bonds. The van der Waals surface area contributed by atoms with Gasteiger partial charge in [0.25, 0.3) is 0 Å². The van der Waals surface area contributed by atoms with E-state index in [1.54, 1.807) is 23.9 Å². The number of hydrogen-bond donors (Lipinski definition) is 3. The van der Waals surface area contributed by atoms with Crippen LogP contribution in [0, 0.1) is 11.3 Å². The number of nitrogens with zero attached hydrogens (tertiary/aromatic N) is 1. The monoisotopic (exact) mass is 204 g/mol. The van der Waals surface area contributed by atoms with E-state index in [0.29, 0.717) is 5.56 Å². The summed E-state index contributed by atoms with van der Waals surface area (Å²) in [6.07, 6.45) is 1.84. The Bertz CT molecular complexity index is 390. The van der Waals surface area contributed by atoms with Crippen molar-refractivity contribution in [2.75, 3.05) is 0 Å². The Kier molecular flexibility index (Phi) is 2.58. The first kappa shape index (κ1) is 8.94. The summed E-state index contributed by atoms with van der Waals surface area (Å²) in [5.74, 6) is 0. The molecule has 2 rings (SSSR count). The van der Waals surface area contributed by atoms with Crippen LogP contribution in [0.2, 0.25) is 0 Å². The summed E-state index contributed by atoms with van der Waals surface area (Å²) in [5.41, 5.74) is 9.18. The molecule has 1 heterocycles. The Balaban J connectivity index is 2.07. The summed E-state index contributed by atoms with van der Waals surface area (Å²) < 4.78 is 0. The summed E-state index contributed by atoms with van der Waals surface area (Å²) in [4.78, 5) is 1.09. The third-order valence-electron chi connectivity index (χ3n) is 1.67. The van der Waals surface area contributed by atoms with Gasteiger partial charge in [0.15, 0.2) is 0 Å². The van der Waals surface area contributed by atoms with Crippen molar-refractivity contribution in [1.29, 1.82) is 5.26 Å². The predicted octanol–water partition coefficient (Wildman–Crippen LogP) is 1.06. The molecule has 3 N–H and O–H groups in total. The first-order chi connectivity index (χ1) is 6.88. The average molecular weight is 204 g/mol. The summed E-state index contributed by atoms with van der Waals surface area (Å²) in [6, 6.07) is 9.53. The van der Waals surface area contributed by atoms with Gasteiger partial charge in [-0.05, 0) is 24.3 Å². The van der Waals surface area contributed by atoms with E-state index >= 15 is 0 Å². The van der Waals surface area contributed by atoms with Crippen LogP contribution in [0.5, 0.6) is 0 Å². The fraction of sp³-hybridized carbons (Fsp3) is 0. The lowest BCUT2D eigenvalue weighted by Crippen LogP contribution is -2.31. The first-order valence-electron chi connectivity index (χ1n) is 4.03. The van der Waals surface area contributed by atoms with Crippen molar-refractivity contribution in [3.8, 4) is 6.07 Å². The molecule has 1 aromatic rings. The molecule has 70 valence electrons. The van der Waals surface area contributed by atoms with Gasteiger partial charge in [-0.15, -0.1) is 0 Å². The van der Waals surface area contributed by atoms with Crippen LogP contribution in [-0.4, -0.2) is 0 Å². The normalized spacial score (nSPS) is 13.8. The fourth-order valence-electron chi connectivity index (χ4n) is 1.01. The van der Waals surface area contributed by atoms with Crippen LogP contribution >= 0.6 is 11.8 Å². The second-order valence-electron chi connectivity index (χ2n) is 2.64. The lowest BCUT2D eigenvalue weighted by Gasteiger charge is -2.01. The van der Waals surface area contributed by atoms with Gasteiger partial charge in [0.1, 0.15) is 5.03 Å². The highest BCUT2D eigenvalue weighted by atomic mass is 32.2. The van der Waals surface area contributed by atoms with Gasteiger partial charge in [0, 0.05) is 11.1 Å². The maximum absolute atomic E-state index is 8.61. The largest absolute Gasteiger partial charge is 0.309 e. The number of rotatable bonds is 2. The SMILES string of the molecule is N#Cc1ccc(SC2=CNNN2)cc1. The summed E-state index contributed by atoms with van der Waals surface area (Å²) in [6.45, 7) is 0. The van der Waals surface area contributed by atoms with Crippen LogP contribution in [0.3, 0.4) is 0 Å². The second-order valence-corrected chi connectivity index (χ2v) is 3.76. The molecule has 0 radical (unpaired) electrons. The minimum Gasteiger partial charge on any atom is -0.309 e. The molecule has 0 aromatic heterocycles. The molecule has 14 heavy (non-hydrogen) atoms. The zero-order valence-corrected chi connectivity index (χ0v) is 8.06. The smallest absolute Gasteiger partial charge is 0.106 e. The van der Waals surface area contributed by atoms with Crippen molar-refractivity contribution in [3.05, 3.63) is 41.1 Å².